The van der Waals surface area contributed by atoms with Gasteiger partial charge in [-0.1, -0.05) is 0 Å². The lowest BCUT2D eigenvalue weighted by atomic mass is 10.4. The van der Waals surface area contributed by atoms with Crippen LogP contribution in [0.4, 0.5) is 0 Å². The second-order valence-electron chi connectivity index (χ2n) is 3.68. The van der Waals surface area contributed by atoms with Crippen LogP contribution in [0.3, 0.4) is 0 Å². The molecule has 1 saturated carbocycles. The maximum atomic E-state index is 5.48. The molecule has 1 heterocycles. The third-order valence-corrected chi connectivity index (χ3v) is 2.31. The van der Waals surface area contributed by atoms with Gasteiger partial charge in [0.2, 0.25) is 0 Å². The summed E-state index contributed by atoms with van der Waals surface area (Å²) in [5.41, 5.74) is 0. The lowest BCUT2D eigenvalue weighted by Crippen LogP contribution is -2.23. The van der Waals surface area contributed by atoms with Gasteiger partial charge in [0.15, 0.2) is 0 Å². The Hall–Kier alpha value is -1.09. The molecule has 3 nitrogen and oxygen atoms in total. The van der Waals surface area contributed by atoms with Crippen LogP contribution in [0, 0.1) is 5.92 Å². The van der Waals surface area contributed by atoms with E-state index in [1.807, 2.05) is 12.1 Å². The molecule has 1 aromatic heterocycles. The second kappa shape index (κ2) is 4.96. The molecule has 0 aliphatic heterocycles. The van der Waals surface area contributed by atoms with Gasteiger partial charge in [0, 0.05) is 12.7 Å². The first-order chi connectivity index (χ1) is 6.95. The molecule has 0 unspecified atom stereocenters. The van der Waals surface area contributed by atoms with Crippen LogP contribution in [-0.4, -0.2) is 24.7 Å². The molecule has 0 aromatic carbocycles. The van der Waals surface area contributed by atoms with Crippen molar-refractivity contribution in [3.05, 3.63) is 24.5 Å². The van der Waals surface area contributed by atoms with Gasteiger partial charge in [-0.05, 0) is 37.4 Å². The number of ether oxygens (including phenoxy) is 1. The van der Waals surface area contributed by atoms with Crippen molar-refractivity contribution in [2.45, 2.75) is 12.8 Å². The maximum absolute atomic E-state index is 5.48. The monoisotopic (exact) mass is 192 g/mol. The zero-order valence-corrected chi connectivity index (χ0v) is 8.28. The van der Waals surface area contributed by atoms with E-state index in [-0.39, 0.29) is 0 Å². The minimum atomic E-state index is 0.721. The summed E-state index contributed by atoms with van der Waals surface area (Å²) in [7, 11) is 0. The zero-order valence-electron chi connectivity index (χ0n) is 8.28. The maximum Gasteiger partial charge on any atom is 0.137 e. The van der Waals surface area contributed by atoms with Crippen molar-refractivity contribution in [3.8, 4) is 5.75 Å². The molecular formula is C11H16N2O. The van der Waals surface area contributed by atoms with Crippen molar-refractivity contribution in [3.63, 3.8) is 0 Å². The van der Waals surface area contributed by atoms with Crippen LogP contribution >= 0.6 is 0 Å². The first-order valence-electron chi connectivity index (χ1n) is 5.19. The Morgan fingerprint density at radius 2 is 2.43 bits per heavy atom. The average molecular weight is 192 g/mol. The van der Waals surface area contributed by atoms with Crippen LogP contribution in [0.1, 0.15) is 12.8 Å². The van der Waals surface area contributed by atoms with Crippen LogP contribution in [0.5, 0.6) is 5.75 Å². The number of hydrogen-bond donors (Lipinski definition) is 1. The molecule has 0 saturated heterocycles. The highest BCUT2D eigenvalue weighted by Gasteiger charge is 2.19. The van der Waals surface area contributed by atoms with Gasteiger partial charge in [0.1, 0.15) is 12.4 Å². The Kier molecular flexibility index (Phi) is 3.35. The van der Waals surface area contributed by atoms with Gasteiger partial charge in [0.25, 0.3) is 0 Å². The van der Waals surface area contributed by atoms with Gasteiger partial charge in [0.05, 0.1) is 6.20 Å². The van der Waals surface area contributed by atoms with Crippen LogP contribution in [-0.2, 0) is 0 Å². The van der Waals surface area contributed by atoms with E-state index in [9.17, 15) is 0 Å². The Morgan fingerprint density at radius 3 is 3.14 bits per heavy atom. The Balaban J connectivity index is 1.54. The molecule has 1 aromatic rings. The van der Waals surface area contributed by atoms with E-state index in [1.54, 1.807) is 12.4 Å². The van der Waals surface area contributed by atoms with Crippen LogP contribution in [0.15, 0.2) is 24.5 Å². The second-order valence-corrected chi connectivity index (χ2v) is 3.68. The summed E-state index contributed by atoms with van der Waals surface area (Å²) in [6, 6.07) is 3.81. The molecule has 3 heteroatoms. The van der Waals surface area contributed by atoms with Crippen molar-refractivity contribution in [1.82, 2.24) is 10.3 Å². The molecule has 0 atom stereocenters. The van der Waals surface area contributed by atoms with Crippen molar-refractivity contribution < 1.29 is 4.74 Å². The Morgan fingerprint density at radius 1 is 1.50 bits per heavy atom. The fourth-order valence-corrected chi connectivity index (χ4v) is 1.30. The molecule has 1 aliphatic carbocycles. The van der Waals surface area contributed by atoms with Crippen molar-refractivity contribution in [1.29, 1.82) is 0 Å². The van der Waals surface area contributed by atoms with E-state index >= 15 is 0 Å². The van der Waals surface area contributed by atoms with Gasteiger partial charge < -0.3 is 10.1 Å². The summed E-state index contributed by atoms with van der Waals surface area (Å²) < 4.78 is 5.48. The van der Waals surface area contributed by atoms with Gasteiger partial charge >= 0.3 is 0 Å². The predicted octanol–water partition coefficient (Wildman–Crippen LogP) is 1.46. The molecule has 2 rings (SSSR count). The average Bonchev–Trinajstić information content (AvgIpc) is 3.03. The molecule has 0 amide bonds. The molecule has 14 heavy (non-hydrogen) atoms. The molecule has 1 fully saturated rings. The minimum Gasteiger partial charge on any atom is -0.491 e. The fourth-order valence-electron chi connectivity index (χ4n) is 1.30. The number of nitrogens with one attached hydrogen (secondary N) is 1. The van der Waals surface area contributed by atoms with Gasteiger partial charge in [-0.25, -0.2) is 0 Å². The van der Waals surface area contributed by atoms with Crippen molar-refractivity contribution in [2.75, 3.05) is 19.7 Å². The highest BCUT2D eigenvalue weighted by Crippen LogP contribution is 2.27. The summed E-state index contributed by atoms with van der Waals surface area (Å²) in [6.07, 6.45) is 6.28. The first kappa shape index (κ1) is 9.46. The SMILES string of the molecule is c1cncc(OCCNCC2CC2)c1. The lowest BCUT2D eigenvalue weighted by molar-refractivity contribution is 0.312. The smallest absolute Gasteiger partial charge is 0.137 e. The number of rotatable bonds is 6. The van der Waals surface area contributed by atoms with E-state index in [0.717, 1.165) is 31.4 Å². The lowest BCUT2D eigenvalue weighted by Gasteiger charge is -2.06. The summed E-state index contributed by atoms with van der Waals surface area (Å²) in [4.78, 5) is 3.98. The van der Waals surface area contributed by atoms with E-state index < -0.39 is 0 Å². The summed E-state index contributed by atoms with van der Waals surface area (Å²) in [6.45, 7) is 2.79. The van der Waals surface area contributed by atoms with E-state index in [2.05, 4.69) is 10.3 Å². The topological polar surface area (TPSA) is 34.1 Å². The van der Waals surface area contributed by atoms with Crippen LogP contribution < -0.4 is 10.1 Å². The molecule has 1 aliphatic rings. The fraction of sp³-hybridized carbons (Fsp3) is 0.545. The Bertz CT molecular complexity index is 259. The number of nitrogens with zero attached hydrogens (tertiary/aromatic N) is 1. The highest BCUT2D eigenvalue weighted by atomic mass is 16.5. The predicted molar refractivity (Wildman–Crippen MR) is 55.3 cm³/mol. The highest BCUT2D eigenvalue weighted by molar-refractivity contribution is 5.15. The number of pyridine rings is 1. The quantitative estimate of drug-likeness (QED) is 0.693. The van der Waals surface area contributed by atoms with Gasteiger partial charge in [-0.2, -0.15) is 0 Å². The van der Waals surface area contributed by atoms with Crippen LogP contribution in [0.25, 0.3) is 0 Å². The molecule has 0 spiro atoms. The van der Waals surface area contributed by atoms with Crippen molar-refractivity contribution >= 4 is 0 Å². The largest absolute Gasteiger partial charge is 0.491 e. The minimum absolute atomic E-state index is 0.721. The number of hydrogen-bond acceptors (Lipinski definition) is 3. The molecule has 0 radical (unpaired) electrons. The van der Waals surface area contributed by atoms with E-state index in [1.165, 1.54) is 12.8 Å². The van der Waals surface area contributed by atoms with Crippen molar-refractivity contribution in [2.24, 2.45) is 5.92 Å². The Labute approximate surface area is 84.5 Å². The summed E-state index contributed by atoms with van der Waals surface area (Å²) >= 11 is 0. The number of aromatic nitrogens is 1. The van der Waals surface area contributed by atoms with Gasteiger partial charge in [-0.15, -0.1) is 0 Å². The normalized spacial score (nSPS) is 15.4. The molecule has 0 bridgehead atoms. The summed E-state index contributed by atoms with van der Waals surface area (Å²) in [5, 5.41) is 3.37. The van der Waals surface area contributed by atoms with Crippen LogP contribution in [0.2, 0.25) is 0 Å². The third kappa shape index (κ3) is 3.34. The summed E-state index contributed by atoms with van der Waals surface area (Å²) in [5.74, 6) is 1.79. The zero-order chi connectivity index (χ0) is 9.64. The molecule has 76 valence electrons. The molecular weight excluding hydrogens is 176 g/mol. The standard InChI is InChI=1S/C11H16N2O/c1-2-11(9-12-5-1)14-7-6-13-8-10-3-4-10/h1-2,5,9-10,13H,3-4,6-8H2. The van der Waals surface area contributed by atoms with E-state index in [4.69, 9.17) is 4.74 Å². The van der Waals surface area contributed by atoms with Gasteiger partial charge in [-0.3, -0.25) is 4.98 Å². The van der Waals surface area contributed by atoms with E-state index in [0.29, 0.717) is 0 Å². The third-order valence-electron chi connectivity index (χ3n) is 2.31. The molecule has 1 N–H and O–H groups in total. The first-order valence-corrected chi connectivity index (χ1v) is 5.19.